The molecule has 0 spiro atoms. The quantitative estimate of drug-likeness (QED) is 0.877. The van der Waals surface area contributed by atoms with Gasteiger partial charge < -0.3 is 5.32 Å². The fourth-order valence-corrected chi connectivity index (χ4v) is 2.44. The Hall–Kier alpha value is -1.63. The molecule has 7 heteroatoms. The molecular weight excluding hydrogens is 238 g/mol. The van der Waals surface area contributed by atoms with E-state index < -0.39 is 0 Å². The molecule has 0 atom stereocenters. The molecule has 3 rings (SSSR count). The number of hydrogen-bond donors (Lipinski definition) is 1. The third kappa shape index (κ3) is 1.97. The van der Waals surface area contributed by atoms with Crippen LogP contribution in [0.2, 0.25) is 0 Å². The summed E-state index contributed by atoms with van der Waals surface area (Å²) in [6.07, 6.45) is 5.92. The minimum atomic E-state index is 0.0497. The molecule has 0 aromatic carbocycles. The molecule has 0 unspecified atom stereocenters. The van der Waals surface area contributed by atoms with Crippen LogP contribution >= 0.6 is 11.3 Å². The van der Waals surface area contributed by atoms with E-state index in [9.17, 15) is 4.79 Å². The molecular formula is C10H13N5OS. The van der Waals surface area contributed by atoms with Gasteiger partial charge in [0.25, 0.3) is 0 Å². The maximum atomic E-state index is 12.0. The summed E-state index contributed by atoms with van der Waals surface area (Å²) in [6, 6.07) is 0.422. The highest BCUT2D eigenvalue weighted by molar-refractivity contribution is 7.15. The maximum Gasteiger partial charge on any atom is 0.328 e. The molecule has 1 aliphatic rings. The molecule has 1 N–H and O–H groups in total. The predicted octanol–water partition coefficient (Wildman–Crippen LogP) is 0.926. The van der Waals surface area contributed by atoms with Gasteiger partial charge in [-0.1, -0.05) is 11.3 Å². The second-order valence-corrected chi connectivity index (χ2v) is 5.16. The summed E-state index contributed by atoms with van der Waals surface area (Å²) in [5.74, 6) is 0. The maximum absolute atomic E-state index is 12.0. The second-order valence-electron chi connectivity index (χ2n) is 4.10. The van der Waals surface area contributed by atoms with Gasteiger partial charge in [-0.15, -0.1) is 10.2 Å². The van der Waals surface area contributed by atoms with Crippen LogP contribution in [0, 0.1) is 0 Å². The second kappa shape index (κ2) is 3.99. The summed E-state index contributed by atoms with van der Waals surface area (Å²) in [4.78, 5) is 12.0. The van der Waals surface area contributed by atoms with E-state index in [1.54, 1.807) is 16.2 Å². The molecule has 2 heterocycles. The molecule has 0 aliphatic heterocycles. The SMILES string of the molecule is CNc1nnc(Cn2ccn(C3CC3)c2=O)s1. The average Bonchev–Trinajstić information content (AvgIpc) is 2.97. The first-order valence-electron chi connectivity index (χ1n) is 5.55. The minimum Gasteiger partial charge on any atom is -0.363 e. The zero-order valence-electron chi connectivity index (χ0n) is 9.46. The first-order chi connectivity index (χ1) is 8.28. The van der Waals surface area contributed by atoms with Crippen molar-refractivity contribution in [2.24, 2.45) is 0 Å². The van der Waals surface area contributed by atoms with Crippen LogP contribution < -0.4 is 11.0 Å². The minimum absolute atomic E-state index is 0.0497. The smallest absolute Gasteiger partial charge is 0.328 e. The molecule has 0 saturated heterocycles. The standard InChI is InChI=1S/C10H13N5OS/c1-11-9-13-12-8(17-9)6-14-4-5-15(10(14)16)7-2-3-7/h4-5,7H,2-3,6H2,1H3,(H,11,13). The number of aromatic nitrogens is 4. The van der Waals surface area contributed by atoms with E-state index in [1.807, 2.05) is 12.4 Å². The van der Waals surface area contributed by atoms with Gasteiger partial charge in [-0.2, -0.15) is 0 Å². The largest absolute Gasteiger partial charge is 0.363 e. The Bertz CT molecular complexity index is 580. The Labute approximate surface area is 102 Å². The molecule has 1 aliphatic carbocycles. The van der Waals surface area contributed by atoms with E-state index in [1.165, 1.54) is 11.3 Å². The summed E-state index contributed by atoms with van der Waals surface area (Å²) in [5, 5.41) is 12.5. The van der Waals surface area contributed by atoms with E-state index in [2.05, 4.69) is 15.5 Å². The molecule has 0 amide bonds. The molecule has 2 aromatic heterocycles. The van der Waals surface area contributed by atoms with Crippen molar-refractivity contribution >= 4 is 16.5 Å². The predicted molar refractivity (Wildman–Crippen MR) is 65.5 cm³/mol. The monoisotopic (exact) mass is 251 g/mol. The molecule has 1 saturated carbocycles. The summed E-state index contributed by atoms with van der Waals surface area (Å²) >= 11 is 1.47. The fraction of sp³-hybridized carbons (Fsp3) is 0.500. The highest BCUT2D eigenvalue weighted by Gasteiger charge is 2.25. The molecule has 17 heavy (non-hydrogen) atoms. The van der Waals surface area contributed by atoms with Crippen LogP contribution in [0.15, 0.2) is 17.2 Å². The number of rotatable bonds is 4. The lowest BCUT2D eigenvalue weighted by Crippen LogP contribution is -2.23. The molecule has 0 bridgehead atoms. The van der Waals surface area contributed by atoms with Gasteiger partial charge >= 0.3 is 5.69 Å². The van der Waals surface area contributed by atoms with Gasteiger partial charge in [0.2, 0.25) is 5.13 Å². The van der Waals surface area contributed by atoms with Crippen molar-refractivity contribution in [2.45, 2.75) is 25.4 Å². The lowest BCUT2D eigenvalue weighted by atomic mass is 10.6. The Morgan fingerprint density at radius 2 is 2.29 bits per heavy atom. The number of anilines is 1. The third-order valence-electron chi connectivity index (χ3n) is 2.80. The van der Waals surface area contributed by atoms with Crippen LogP contribution in [-0.2, 0) is 6.54 Å². The highest BCUT2D eigenvalue weighted by atomic mass is 32.1. The summed E-state index contributed by atoms with van der Waals surface area (Å²) < 4.78 is 3.48. The van der Waals surface area contributed by atoms with Gasteiger partial charge in [0.05, 0.1) is 6.54 Å². The summed E-state index contributed by atoms with van der Waals surface area (Å²) in [7, 11) is 1.81. The Balaban J connectivity index is 1.82. The van der Waals surface area contributed by atoms with Gasteiger partial charge in [0, 0.05) is 25.5 Å². The van der Waals surface area contributed by atoms with Crippen molar-refractivity contribution in [3.8, 4) is 0 Å². The van der Waals surface area contributed by atoms with Crippen molar-refractivity contribution < 1.29 is 0 Å². The van der Waals surface area contributed by atoms with E-state index in [4.69, 9.17) is 0 Å². The first kappa shape index (κ1) is 10.5. The molecule has 6 nitrogen and oxygen atoms in total. The lowest BCUT2D eigenvalue weighted by molar-refractivity contribution is 0.653. The van der Waals surface area contributed by atoms with Gasteiger partial charge in [0.1, 0.15) is 5.01 Å². The summed E-state index contributed by atoms with van der Waals surface area (Å²) in [5.41, 5.74) is 0.0497. The van der Waals surface area contributed by atoms with Crippen LogP contribution in [0.3, 0.4) is 0 Å². The van der Waals surface area contributed by atoms with Crippen LogP contribution in [0.4, 0.5) is 5.13 Å². The average molecular weight is 251 g/mol. The van der Waals surface area contributed by atoms with Crippen molar-refractivity contribution in [1.82, 2.24) is 19.3 Å². The first-order valence-corrected chi connectivity index (χ1v) is 6.37. The van der Waals surface area contributed by atoms with Crippen LogP contribution in [0.5, 0.6) is 0 Å². The van der Waals surface area contributed by atoms with Gasteiger partial charge in [0.15, 0.2) is 0 Å². The van der Waals surface area contributed by atoms with Crippen LogP contribution in [0.25, 0.3) is 0 Å². The van der Waals surface area contributed by atoms with Crippen molar-refractivity contribution in [3.63, 3.8) is 0 Å². The van der Waals surface area contributed by atoms with Crippen LogP contribution in [0.1, 0.15) is 23.9 Å². The van der Waals surface area contributed by atoms with E-state index in [0.717, 1.165) is 23.0 Å². The summed E-state index contributed by atoms with van der Waals surface area (Å²) in [6.45, 7) is 0.498. The third-order valence-corrected chi connectivity index (χ3v) is 3.73. The zero-order chi connectivity index (χ0) is 11.8. The molecule has 1 fully saturated rings. The Morgan fingerprint density at radius 1 is 1.47 bits per heavy atom. The van der Waals surface area contributed by atoms with E-state index >= 15 is 0 Å². The Kier molecular flexibility index (Phi) is 2.47. The van der Waals surface area contributed by atoms with Gasteiger partial charge in [-0.05, 0) is 12.8 Å². The zero-order valence-corrected chi connectivity index (χ0v) is 10.3. The number of hydrogen-bond acceptors (Lipinski definition) is 5. The molecule has 90 valence electrons. The van der Waals surface area contributed by atoms with E-state index in [-0.39, 0.29) is 5.69 Å². The van der Waals surface area contributed by atoms with Crippen molar-refractivity contribution in [2.75, 3.05) is 12.4 Å². The molecule has 2 aromatic rings. The lowest BCUT2D eigenvalue weighted by Gasteiger charge is -1.97. The number of nitrogens with one attached hydrogen (secondary N) is 1. The van der Waals surface area contributed by atoms with Gasteiger partial charge in [-0.25, -0.2) is 4.79 Å². The van der Waals surface area contributed by atoms with E-state index in [0.29, 0.717) is 12.6 Å². The van der Waals surface area contributed by atoms with Crippen molar-refractivity contribution in [3.05, 3.63) is 27.9 Å². The van der Waals surface area contributed by atoms with Crippen molar-refractivity contribution in [1.29, 1.82) is 0 Å². The normalized spacial score (nSPS) is 15.1. The number of nitrogens with zero attached hydrogens (tertiary/aromatic N) is 4. The Morgan fingerprint density at radius 3 is 2.94 bits per heavy atom. The highest BCUT2D eigenvalue weighted by Crippen LogP contribution is 2.33. The fourth-order valence-electron chi connectivity index (χ4n) is 1.74. The van der Waals surface area contributed by atoms with Gasteiger partial charge in [-0.3, -0.25) is 9.13 Å². The molecule has 0 radical (unpaired) electrons. The van der Waals surface area contributed by atoms with Crippen LogP contribution in [-0.4, -0.2) is 26.4 Å². The topological polar surface area (TPSA) is 64.7 Å². The number of imidazole rings is 1.